The zero-order valence-electron chi connectivity index (χ0n) is 8.46. The highest BCUT2D eigenvalue weighted by Gasteiger charge is 2.10. The molecule has 1 aromatic rings. The topological polar surface area (TPSA) is 26.0 Å². The van der Waals surface area contributed by atoms with Gasteiger partial charge >= 0.3 is 0 Å². The first-order valence-electron chi connectivity index (χ1n) is 5.35. The van der Waals surface area contributed by atoms with Crippen molar-refractivity contribution in [2.75, 3.05) is 12.3 Å². The molecule has 0 heterocycles. The monoisotopic (exact) mass is 207 g/mol. The summed E-state index contributed by atoms with van der Waals surface area (Å²) < 4.78 is 0. The third-order valence-electron chi connectivity index (χ3n) is 2.69. The predicted octanol–water partition coefficient (Wildman–Crippen LogP) is 2.62. The molecule has 2 N–H and O–H groups in total. The van der Waals surface area contributed by atoms with Gasteiger partial charge in [-0.05, 0) is 61.2 Å². The Kier molecular flexibility index (Phi) is 3.49. The molecule has 1 aliphatic carbocycles. The van der Waals surface area contributed by atoms with Crippen molar-refractivity contribution in [2.24, 2.45) is 5.73 Å². The molecule has 1 nitrogen and oxygen atoms in total. The maximum Gasteiger partial charge on any atom is 0.00748 e. The van der Waals surface area contributed by atoms with Crippen molar-refractivity contribution in [2.45, 2.75) is 30.6 Å². The first kappa shape index (κ1) is 10.1. The van der Waals surface area contributed by atoms with Gasteiger partial charge in [-0.1, -0.05) is 6.07 Å². The molecular weight excluding hydrogens is 190 g/mol. The third kappa shape index (κ3) is 2.31. The molecule has 0 aliphatic heterocycles. The van der Waals surface area contributed by atoms with Crippen LogP contribution in [0.2, 0.25) is 0 Å². The van der Waals surface area contributed by atoms with Crippen molar-refractivity contribution < 1.29 is 0 Å². The van der Waals surface area contributed by atoms with Crippen molar-refractivity contribution in [3.63, 3.8) is 0 Å². The van der Waals surface area contributed by atoms with Crippen LogP contribution in [0.3, 0.4) is 0 Å². The van der Waals surface area contributed by atoms with Gasteiger partial charge in [0.2, 0.25) is 0 Å². The van der Waals surface area contributed by atoms with Gasteiger partial charge in [0, 0.05) is 4.90 Å². The molecule has 1 aliphatic rings. The summed E-state index contributed by atoms with van der Waals surface area (Å²) in [6, 6.07) is 6.92. The van der Waals surface area contributed by atoms with Gasteiger partial charge in [0.1, 0.15) is 0 Å². The first-order valence-corrected chi connectivity index (χ1v) is 6.33. The largest absolute Gasteiger partial charge is 0.330 e. The van der Waals surface area contributed by atoms with E-state index >= 15 is 0 Å². The van der Waals surface area contributed by atoms with Gasteiger partial charge in [-0.2, -0.15) is 0 Å². The van der Waals surface area contributed by atoms with E-state index in [1.807, 2.05) is 11.8 Å². The molecule has 0 amide bonds. The summed E-state index contributed by atoms with van der Waals surface area (Å²) in [5.41, 5.74) is 8.60. The molecule has 1 aromatic carbocycles. The summed E-state index contributed by atoms with van der Waals surface area (Å²) in [5.74, 6) is 1.15. The highest BCUT2D eigenvalue weighted by Crippen LogP contribution is 2.27. The lowest BCUT2D eigenvalue weighted by Gasteiger charge is -2.03. The van der Waals surface area contributed by atoms with Gasteiger partial charge in [0.25, 0.3) is 0 Å². The minimum Gasteiger partial charge on any atom is -0.330 e. The molecule has 76 valence electrons. The first-order chi connectivity index (χ1) is 6.90. The standard InChI is InChI=1S/C12H17NS/c13-7-2-8-14-12-6-5-10-3-1-4-11(10)9-12/h5-6,9H,1-4,7-8,13H2. The Morgan fingerprint density at radius 1 is 1.21 bits per heavy atom. The Hall–Kier alpha value is -0.470. The van der Waals surface area contributed by atoms with Crippen LogP contribution in [0.5, 0.6) is 0 Å². The Morgan fingerprint density at radius 2 is 2.07 bits per heavy atom. The van der Waals surface area contributed by atoms with E-state index in [0.717, 1.165) is 18.7 Å². The van der Waals surface area contributed by atoms with Crippen molar-refractivity contribution in [1.82, 2.24) is 0 Å². The van der Waals surface area contributed by atoms with Crippen LogP contribution < -0.4 is 5.73 Å². The number of benzene rings is 1. The van der Waals surface area contributed by atoms with Crippen molar-refractivity contribution in [3.8, 4) is 0 Å². The molecule has 0 unspecified atom stereocenters. The molecule has 2 heteroatoms. The molecule has 14 heavy (non-hydrogen) atoms. The minimum absolute atomic E-state index is 0.804. The highest BCUT2D eigenvalue weighted by molar-refractivity contribution is 7.99. The van der Waals surface area contributed by atoms with Crippen molar-refractivity contribution in [3.05, 3.63) is 29.3 Å². The van der Waals surface area contributed by atoms with Gasteiger partial charge in [0.05, 0.1) is 0 Å². The number of aryl methyl sites for hydroxylation is 2. The molecule has 0 aromatic heterocycles. The minimum atomic E-state index is 0.804. The van der Waals surface area contributed by atoms with Gasteiger partial charge < -0.3 is 5.73 Å². The van der Waals surface area contributed by atoms with Crippen LogP contribution in [0, 0.1) is 0 Å². The summed E-state index contributed by atoms with van der Waals surface area (Å²) in [7, 11) is 0. The van der Waals surface area contributed by atoms with E-state index in [0.29, 0.717) is 0 Å². The summed E-state index contributed by atoms with van der Waals surface area (Å²) in [4.78, 5) is 1.42. The lowest BCUT2D eigenvalue weighted by atomic mass is 10.1. The molecule has 0 radical (unpaired) electrons. The van der Waals surface area contributed by atoms with Gasteiger partial charge in [-0.15, -0.1) is 11.8 Å². The van der Waals surface area contributed by atoms with Gasteiger partial charge in [0.15, 0.2) is 0 Å². The second-order valence-electron chi connectivity index (χ2n) is 3.77. The number of fused-ring (bicyclic) bond motifs is 1. The number of thioether (sulfide) groups is 1. The van der Waals surface area contributed by atoms with E-state index in [2.05, 4.69) is 18.2 Å². The molecule has 0 fully saturated rings. The van der Waals surface area contributed by atoms with Gasteiger partial charge in [-0.25, -0.2) is 0 Å². The fraction of sp³-hybridized carbons (Fsp3) is 0.500. The number of hydrogen-bond acceptors (Lipinski definition) is 2. The van der Waals surface area contributed by atoms with E-state index in [1.165, 1.54) is 24.2 Å². The number of rotatable bonds is 4. The van der Waals surface area contributed by atoms with E-state index in [-0.39, 0.29) is 0 Å². The van der Waals surface area contributed by atoms with Crippen LogP contribution >= 0.6 is 11.8 Å². The maximum absolute atomic E-state index is 5.47. The van der Waals surface area contributed by atoms with Crippen molar-refractivity contribution >= 4 is 11.8 Å². The maximum atomic E-state index is 5.47. The quantitative estimate of drug-likeness (QED) is 0.606. The van der Waals surface area contributed by atoms with E-state index in [4.69, 9.17) is 5.73 Å². The summed E-state index contributed by atoms with van der Waals surface area (Å²) in [6.45, 7) is 0.804. The number of hydrogen-bond donors (Lipinski definition) is 1. The summed E-state index contributed by atoms with van der Waals surface area (Å²) in [5, 5.41) is 0. The van der Waals surface area contributed by atoms with Crippen molar-refractivity contribution in [1.29, 1.82) is 0 Å². The summed E-state index contributed by atoms with van der Waals surface area (Å²) in [6.07, 6.45) is 5.01. The Balaban J connectivity index is 1.98. The molecule has 0 saturated carbocycles. The second kappa shape index (κ2) is 4.85. The predicted molar refractivity (Wildman–Crippen MR) is 62.9 cm³/mol. The molecule has 0 spiro atoms. The lowest BCUT2D eigenvalue weighted by Crippen LogP contribution is -1.99. The average molecular weight is 207 g/mol. The second-order valence-corrected chi connectivity index (χ2v) is 4.94. The molecule has 0 bridgehead atoms. The Morgan fingerprint density at radius 3 is 2.93 bits per heavy atom. The molecule has 0 saturated heterocycles. The smallest absolute Gasteiger partial charge is 0.00748 e. The van der Waals surface area contributed by atoms with Crippen LogP contribution in [-0.2, 0) is 12.8 Å². The zero-order valence-corrected chi connectivity index (χ0v) is 9.28. The van der Waals surface area contributed by atoms with E-state index in [9.17, 15) is 0 Å². The highest BCUT2D eigenvalue weighted by atomic mass is 32.2. The molecule has 2 rings (SSSR count). The molecule has 0 atom stereocenters. The van der Waals surface area contributed by atoms with Crippen LogP contribution in [0.15, 0.2) is 23.1 Å². The Bertz CT molecular complexity index is 309. The number of nitrogens with two attached hydrogens (primary N) is 1. The fourth-order valence-electron chi connectivity index (χ4n) is 1.91. The van der Waals surface area contributed by atoms with E-state index < -0.39 is 0 Å². The third-order valence-corrected chi connectivity index (χ3v) is 3.77. The lowest BCUT2D eigenvalue weighted by molar-refractivity contribution is 0.911. The van der Waals surface area contributed by atoms with Crippen LogP contribution in [0.25, 0.3) is 0 Å². The average Bonchev–Trinajstić information content (AvgIpc) is 2.65. The van der Waals surface area contributed by atoms with Crippen LogP contribution in [0.1, 0.15) is 24.0 Å². The van der Waals surface area contributed by atoms with E-state index in [1.54, 1.807) is 11.1 Å². The SMILES string of the molecule is NCCCSc1ccc2c(c1)CCC2. The van der Waals surface area contributed by atoms with Crippen LogP contribution in [-0.4, -0.2) is 12.3 Å². The normalized spacial score (nSPS) is 14.4. The molecular formula is C12H17NS. The summed E-state index contributed by atoms with van der Waals surface area (Å²) >= 11 is 1.93. The van der Waals surface area contributed by atoms with Gasteiger partial charge in [-0.3, -0.25) is 0 Å². The Labute approximate surface area is 90.1 Å². The fourth-order valence-corrected chi connectivity index (χ4v) is 2.85. The zero-order chi connectivity index (χ0) is 9.80. The van der Waals surface area contributed by atoms with Crippen LogP contribution in [0.4, 0.5) is 0 Å².